The molecule has 0 unspecified atom stereocenters. The number of hydrogen-bond acceptors (Lipinski definition) is 4. The first-order valence-corrected chi connectivity index (χ1v) is 10.9. The third-order valence-electron chi connectivity index (χ3n) is 5.54. The van der Waals surface area contributed by atoms with Crippen molar-refractivity contribution in [2.75, 3.05) is 39.3 Å². The second kappa shape index (κ2) is 9.42. The average molecular weight is 454 g/mol. The molecular formula is C22H29ClFN3O4. The summed E-state index contributed by atoms with van der Waals surface area (Å²) in [4.78, 5) is 42.9. The summed E-state index contributed by atoms with van der Waals surface area (Å²) in [7, 11) is 0. The van der Waals surface area contributed by atoms with Crippen LogP contribution in [0.5, 0.6) is 0 Å². The maximum Gasteiger partial charge on any atom is 0.410 e. The Morgan fingerprint density at radius 1 is 0.968 bits per heavy atom. The number of hydrogen-bond donors (Lipinski definition) is 0. The van der Waals surface area contributed by atoms with Gasteiger partial charge >= 0.3 is 6.09 Å². The number of amides is 3. The fourth-order valence-electron chi connectivity index (χ4n) is 3.86. The second-order valence-electron chi connectivity index (χ2n) is 8.98. The molecule has 2 aliphatic rings. The molecule has 2 heterocycles. The van der Waals surface area contributed by atoms with Crippen LogP contribution in [0.2, 0.25) is 5.02 Å². The molecule has 0 aromatic heterocycles. The summed E-state index contributed by atoms with van der Waals surface area (Å²) in [6.07, 6.45) is 0.857. The van der Waals surface area contributed by atoms with Crippen LogP contribution in [0.15, 0.2) is 18.2 Å². The van der Waals surface area contributed by atoms with Crippen LogP contribution in [0.1, 0.15) is 44.0 Å². The molecule has 0 aliphatic carbocycles. The quantitative estimate of drug-likeness (QED) is 0.688. The maximum atomic E-state index is 13.2. The summed E-state index contributed by atoms with van der Waals surface area (Å²) in [5.74, 6) is -0.819. The number of carbonyl (C=O) groups excluding carboxylic acids is 3. The molecule has 7 nitrogen and oxygen atoms in total. The number of nitrogens with zero attached hydrogens (tertiary/aromatic N) is 3. The van der Waals surface area contributed by atoms with Crippen molar-refractivity contribution in [3.8, 4) is 0 Å². The molecule has 0 saturated carbocycles. The molecule has 9 heteroatoms. The van der Waals surface area contributed by atoms with Gasteiger partial charge in [0.25, 0.3) is 5.91 Å². The van der Waals surface area contributed by atoms with Crippen LogP contribution in [-0.4, -0.2) is 77.5 Å². The highest BCUT2D eigenvalue weighted by atomic mass is 35.5. The molecule has 0 spiro atoms. The Hall–Kier alpha value is -2.35. The minimum atomic E-state index is -0.543. The second-order valence-corrected chi connectivity index (χ2v) is 9.39. The molecule has 0 bridgehead atoms. The third kappa shape index (κ3) is 5.87. The van der Waals surface area contributed by atoms with Gasteiger partial charge in [-0.2, -0.15) is 0 Å². The SMILES string of the molecule is CC(C)(C)OC(=O)N1CCC(C(=O)N2CCN(C(=O)c3ccc(F)cc3Cl)CC2)CC1. The highest BCUT2D eigenvalue weighted by molar-refractivity contribution is 6.33. The lowest BCUT2D eigenvalue weighted by Gasteiger charge is -2.38. The number of halogens is 2. The van der Waals surface area contributed by atoms with Gasteiger partial charge in [0, 0.05) is 45.2 Å². The fraction of sp³-hybridized carbons (Fsp3) is 0.591. The highest BCUT2D eigenvalue weighted by Gasteiger charge is 2.34. The number of piperazine rings is 1. The molecule has 170 valence electrons. The summed E-state index contributed by atoms with van der Waals surface area (Å²) in [5.41, 5.74) is -0.281. The van der Waals surface area contributed by atoms with Gasteiger partial charge < -0.3 is 19.4 Å². The van der Waals surface area contributed by atoms with Crippen molar-refractivity contribution in [2.45, 2.75) is 39.2 Å². The van der Waals surface area contributed by atoms with Crippen LogP contribution in [-0.2, 0) is 9.53 Å². The van der Waals surface area contributed by atoms with Crippen LogP contribution in [0, 0.1) is 11.7 Å². The Bertz CT molecular complexity index is 842. The number of rotatable bonds is 2. The Labute approximate surface area is 187 Å². The Morgan fingerprint density at radius 2 is 1.55 bits per heavy atom. The van der Waals surface area contributed by atoms with Crippen molar-refractivity contribution in [1.29, 1.82) is 0 Å². The Kier molecular flexibility index (Phi) is 7.09. The van der Waals surface area contributed by atoms with E-state index in [1.54, 1.807) is 14.7 Å². The molecule has 2 aliphatic heterocycles. The third-order valence-corrected chi connectivity index (χ3v) is 5.85. The summed E-state index contributed by atoms with van der Waals surface area (Å²) >= 11 is 6.00. The summed E-state index contributed by atoms with van der Waals surface area (Å²) < 4.78 is 18.6. The standard InChI is InChI=1S/C22H29ClFN3O4/c1-22(2,3)31-21(30)27-8-6-15(7-9-27)19(28)25-10-12-26(13-11-25)20(29)17-5-4-16(24)14-18(17)23/h4-5,14-15H,6-13H2,1-3H3. The average Bonchev–Trinajstić information content (AvgIpc) is 2.72. The van der Waals surface area contributed by atoms with E-state index in [9.17, 15) is 18.8 Å². The van der Waals surface area contributed by atoms with Crippen LogP contribution >= 0.6 is 11.6 Å². The van der Waals surface area contributed by atoms with Crippen LogP contribution in [0.3, 0.4) is 0 Å². The van der Waals surface area contributed by atoms with E-state index in [2.05, 4.69) is 0 Å². The van der Waals surface area contributed by atoms with Crippen molar-refractivity contribution < 1.29 is 23.5 Å². The predicted molar refractivity (Wildman–Crippen MR) is 114 cm³/mol. The number of ether oxygens (including phenoxy) is 1. The van der Waals surface area contributed by atoms with Gasteiger partial charge in [0.05, 0.1) is 10.6 Å². The zero-order valence-corrected chi connectivity index (χ0v) is 19.0. The van der Waals surface area contributed by atoms with Crippen LogP contribution in [0.4, 0.5) is 9.18 Å². The molecule has 0 atom stereocenters. The molecule has 1 aromatic carbocycles. The minimum Gasteiger partial charge on any atom is -0.444 e. The minimum absolute atomic E-state index is 0.0655. The molecule has 3 rings (SSSR count). The van der Waals surface area contributed by atoms with Crippen molar-refractivity contribution in [3.05, 3.63) is 34.6 Å². The van der Waals surface area contributed by atoms with Gasteiger partial charge in [-0.15, -0.1) is 0 Å². The molecule has 1 aromatic rings. The Morgan fingerprint density at radius 3 is 2.10 bits per heavy atom. The van der Waals surface area contributed by atoms with Crippen molar-refractivity contribution >= 4 is 29.5 Å². The highest BCUT2D eigenvalue weighted by Crippen LogP contribution is 2.24. The number of piperidine rings is 1. The van der Waals surface area contributed by atoms with Gasteiger partial charge in [0.1, 0.15) is 11.4 Å². The fourth-order valence-corrected chi connectivity index (χ4v) is 4.10. The smallest absolute Gasteiger partial charge is 0.410 e. The van der Waals surface area contributed by atoms with Crippen molar-refractivity contribution in [3.63, 3.8) is 0 Å². The lowest BCUT2D eigenvalue weighted by atomic mass is 9.95. The van der Waals surface area contributed by atoms with Gasteiger partial charge in [-0.05, 0) is 51.8 Å². The predicted octanol–water partition coefficient (Wildman–Crippen LogP) is 3.41. The molecule has 2 saturated heterocycles. The van der Waals surface area contributed by atoms with Gasteiger partial charge in [-0.3, -0.25) is 9.59 Å². The molecule has 2 fully saturated rings. The summed E-state index contributed by atoms with van der Waals surface area (Å²) in [6.45, 7) is 8.15. The van der Waals surface area contributed by atoms with E-state index in [-0.39, 0.29) is 34.4 Å². The molecular weight excluding hydrogens is 425 g/mol. The van der Waals surface area contributed by atoms with Gasteiger partial charge in [0.15, 0.2) is 0 Å². The summed E-state index contributed by atoms with van der Waals surface area (Å²) in [5, 5.41) is 0.0836. The monoisotopic (exact) mass is 453 g/mol. The molecule has 31 heavy (non-hydrogen) atoms. The first-order chi connectivity index (χ1) is 14.5. The van der Waals surface area contributed by atoms with Gasteiger partial charge in [-0.25, -0.2) is 9.18 Å². The van der Waals surface area contributed by atoms with E-state index >= 15 is 0 Å². The van der Waals surface area contributed by atoms with E-state index in [1.165, 1.54) is 12.1 Å². The van der Waals surface area contributed by atoms with E-state index < -0.39 is 11.4 Å². The van der Waals surface area contributed by atoms with E-state index in [0.717, 1.165) is 6.07 Å². The van der Waals surface area contributed by atoms with E-state index in [4.69, 9.17) is 16.3 Å². The van der Waals surface area contributed by atoms with Crippen molar-refractivity contribution in [1.82, 2.24) is 14.7 Å². The molecule has 3 amide bonds. The molecule has 0 N–H and O–H groups in total. The molecule has 0 radical (unpaired) electrons. The first-order valence-electron chi connectivity index (χ1n) is 10.6. The topological polar surface area (TPSA) is 70.2 Å². The van der Waals surface area contributed by atoms with Crippen LogP contribution in [0.25, 0.3) is 0 Å². The zero-order valence-electron chi connectivity index (χ0n) is 18.2. The van der Waals surface area contributed by atoms with Gasteiger partial charge in [0.2, 0.25) is 5.91 Å². The summed E-state index contributed by atoms with van der Waals surface area (Å²) in [6, 6.07) is 3.72. The van der Waals surface area contributed by atoms with Gasteiger partial charge in [-0.1, -0.05) is 11.6 Å². The number of benzene rings is 1. The normalized spacial score (nSPS) is 18.2. The largest absolute Gasteiger partial charge is 0.444 e. The zero-order chi connectivity index (χ0) is 22.8. The Balaban J connectivity index is 1.48. The van der Waals surface area contributed by atoms with Crippen LogP contribution < -0.4 is 0 Å². The lowest BCUT2D eigenvalue weighted by molar-refractivity contribution is -0.138. The maximum absolute atomic E-state index is 13.2. The van der Waals surface area contributed by atoms with Crippen molar-refractivity contribution in [2.24, 2.45) is 5.92 Å². The first kappa shape index (κ1) is 23.3. The number of likely N-dealkylation sites (tertiary alicyclic amines) is 1. The number of carbonyl (C=O) groups is 3. The van der Waals surface area contributed by atoms with E-state index in [1.807, 2.05) is 20.8 Å². The van der Waals surface area contributed by atoms with E-state index in [0.29, 0.717) is 52.1 Å². The lowest BCUT2D eigenvalue weighted by Crippen LogP contribution is -2.53.